The van der Waals surface area contributed by atoms with Gasteiger partial charge in [-0.25, -0.2) is 4.79 Å². The SMILES string of the molecule is O=C(COC(=O)COc1ccccc1)NCCSCc1ccccc1. The molecule has 0 unspecified atom stereocenters. The predicted molar refractivity (Wildman–Crippen MR) is 98.5 cm³/mol. The number of thioether (sulfide) groups is 1. The third-order valence-corrected chi connectivity index (χ3v) is 4.17. The molecule has 0 aliphatic rings. The lowest BCUT2D eigenvalue weighted by Crippen LogP contribution is -2.31. The molecule has 5 nitrogen and oxygen atoms in total. The maximum Gasteiger partial charge on any atom is 0.344 e. The van der Waals surface area contributed by atoms with Crippen molar-refractivity contribution in [3.63, 3.8) is 0 Å². The van der Waals surface area contributed by atoms with Gasteiger partial charge in [0.15, 0.2) is 13.2 Å². The molecule has 1 N–H and O–H groups in total. The highest BCUT2D eigenvalue weighted by Gasteiger charge is 2.08. The monoisotopic (exact) mass is 359 g/mol. The quantitative estimate of drug-likeness (QED) is 0.522. The number of hydrogen-bond donors (Lipinski definition) is 1. The van der Waals surface area contributed by atoms with Crippen molar-refractivity contribution < 1.29 is 19.1 Å². The lowest BCUT2D eigenvalue weighted by atomic mass is 10.2. The van der Waals surface area contributed by atoms with Crippen molar-refractivity contribution in [1.82, 2.24) is 5.32 Å². The fraction of sp³-hybridized carbons (Fsp3) is 0.263. The van der Waals surface area contributed by atoms with E-state index in [1.807, 2.05) is 36.4 Å². The number of nitrogens with one attached hydrogen (secondary N) is 1. The minimum absolute atomic E-state index is 0.218. The summed E-state index contributed by atoms with van der Waals surface area (Å²) in [6, 6.07) is 19.1. The molecule has 0 spiro atoms. The van der Waals surface area contributed by atoms with Crippen molar-refractivity contribution in [2.45, 2.75) is 5.75 Å². The van der Waals surface area contributed by atoms with Gasteiger partial charge in [-0.1, -0.05) is 48.5 Å². The van der Waals surface area contributed by atoms with E-state index in [1.54, 1.807) is 23.9 Å². The number of esters is 1. The molecule has 0 heterocycles. The number of carbonyl (C=O) groups is 2. The summed E-state index contributed by atoms with van der Waals surface area (Å²) < 4.78 is 10.1. The molecule has 1 amide bonds. The number of amides is 1. The molecule has 0 saturated heterocycles. The van der Waals surface area contributed by atoms with Crippen LogP contribution in [-0.4, -0.2) is 37.4 Å². The normalized spacial score (nSPS) is 10.1. The molecule has 0 aliphatic carbocycles. The number of para-hydroxylation sites is 1. The third kappa shape index (κ3) is 8.26. The maximum absolute atomic E-state index is 11.6. The van der Waals surface area contributed by atoms with Crippen LogP contribution in [0, 0.1) is 0 Å². The van der Waals surface area contributed by atoms with Crippen LogP contribution in [0.1, 0.15) is 5.56 Å². The number of benzene rings is 2. The van der Waals surface area contributed by atoms with Crippen LogP contribution in [0.25, 0.3) is 0 Å². The van der Waals surface area contributed by atoms with Crippen molar-refractivity contribution in [2.75, 3.05) is 25.5 Å². The minimum atomic E-state index is -0.572. The largest absolute Gasteiger partial charge is 0.482 e. The lowest BCUT2D eigenvalue weighted by molar-refractivity contribution is -0.150. The molecule has 2 rings (SSSR count). The molecule has 0 aliphatic heterocycles. The summed E-state index contributed by atoms with van der Waals surface area (Å²) in [5, 5.41) is 2.72. The first kappa shape index (κ1) is 18.9. The van der Waals surface area contributed by atoms with Crippen molar-refractivity contribution in [3.05, 3.63) is 66.2 Å². The van der Waals surface area contributed by atoms with Crippen LogP contribution in [0.3, 0.4) is 0 Å². The Morgan fingerprint density at radius 3 is 2.32 bits per heavy atom. The summed E-state index contributed by atoms with van der Waals surface area (Å²) >= 11 is 1.74. The van der Waals surface area contributed by atoms with Gasteiger partial charge in [0, 0.05) is 18.1 Å². The van der Waals surface area contributed by atoms with E-state index < -0.39 is 5.97 Å². The Morgan fingerprint density at radius 1 is 0.920 bits per heavy atom. The Bertz CT molecular complexity index is 649. The van der Waals surface area contributed by atoms with Gasteiger partial charge in [0.05, 0.1) is 0 Å². The molecule has 0 bridgehead atoms. The highest BCUT2D eigenvalue weighted by molar-refractivity contribution is 7.98. The van der Waals surface area contributed by atoms with Gasteiger partial charge in [-0.05, 0) is 17.7 Å². The van der Waals surface area contributed by atoms with E-state index >= 15 is 0 Å². The molecule has 2 aromatic rings. The second kappa shape index (κ2) is 11.1. The summed E-state index contributed by atoms with van der Waals surface area (Å²) in [7, 11) is 0. The van der Waals surface area contributed by atoms with Gasteiger partial charge in [0.2, 0.25) is 0 Å². The first-order chi connectivity index (χ1) is 12.2. The molecule has 0 fully saturated rings. The molecular formula is C19H21NO4S. The van der Waals surface area contributed by atoms with Gasteiger partial charge in [-0.3, -0.25) is 4.79 Å². The zero-order chi connectivity index (χ0) is 17.7. The van der Waals surface area contributed by atoms with Crippen LogP contribution in [0.5, 0.6) is 5.75 Å². The van der Waals surface area contributed by atoms with Crippen LogP contribution >= 0.6 is 11.8 Å². The summed E-state index contributed by atoms with van der Waals surface area (Å²) in [4.78, 5) is 23.1. The first-order valence-corrected chi connectivity index (χ1v) is 9.11. The van der Waals surface area contributed by atoms with Crippen LogP contribution in [0.4, 0.5) is 0 Å². The van der Waals surface area contributed by atoms with E-state index in [1.165, 1.54) is 5.56 Å². The lowest BCUT2D eigenvalue weighted by Gasteiger charge is -2.08. The molecule has 2 aromatic carbocycles. The smallest absolute Gasteiger partial charge is 0.344 e. The van der Waals surface area contributed by atoms with Crippen LogP contribution in [0.2, 0.25) is 0 Å². The first-order valence-electron chi connectivity index (χ1n) is 7.96. The van der Waals surface area contributed by atoms with Crippen LogP contribution in [0.15, 0.2) is 60.7 Å². The van der Waals surface area contributed by atoms with E-state index in [2.05, 4.69) is 17.4 Å². The molecule has 0 radical (unpaired) electrons. The Kier molecular flexibility index (Phi) is 8.41. The van der Waals surface area contributed by atoms with Gasteiger partial charge in [0.1, 0.15) is 5.75 Å². The zero-order valence-electron chi connectivity index (χ0n) is 13.9. The van der Waals surface area contributed by atoms with E-state index in [4.69, 9.17) is 9.47 Å². The van der Waals surface area contributed by atoms with Crippen molar-refractivity contribution in [1.29, 1.82) is 0 Å². The zero-order valence-corrected chi connectivity index (χ0v) is 14.7. The van der Waals surface area contributed by atoms with E-state index in [9.17, 15) is 9.59 Å². The molecular weight excluding hydrogens is 338 g/mol. The fourth-order valence-electron chi connectivity index (χ4n) is 1.92. The van der Waals surface area contributed by atoms with Gasteiger partial charge >= 0.3 is 5.97 Å². The van der Waals surface area contributed by atoms with Crippen molar-refractivity contribution in [2.24, 2.45) is 0 Å². The average Bonchev–Trinajstić information content (AvgIpc) is 2.66. The Labute approximate surface area is 151 Å². The second-order valence-corrected chi connectivity index (χ2v) is 6.26. The van der Waals surface area contributed by atoms with Gasteiger partial charge in [-0.15, -0.1) is 0 Å². The van der Waals surface area contributed by atoms with Crippen LogP contribution in [-0.2, 0) is 20.1 Å². The average molecular weight is 359 g/mol. The van der Waals surface area contributed by atoms with E-state index in [0.29, 0.717) is 12.3 Å². The maximum atomic E-state index is 11.6. The van der Waals surface area contributed by atoms with Crippen molar-refractivity contribution in [3.8, 4) is 5.75 Å². The minimum Gasteiger partial charge on any atom is -0.482 e. The topological polar surface area (TPSA) is 64.6 Å². The number of hydrogen-bond acceptors (Lipinski definition) is 5. The summed E-state index contributed by atoms with van der Waals surface area (Å²) in [5.74, 6) is 1.40. The summed E-state index contributed by atoms with van der Waals surface area (Å²) in [5.41, 5.74) is 1.26. The van der Waals surface area contributed by atoms with E-state index in [0.717, 1.165) is 11.5 Å². The number of carbonyl (C=O) groups excluding carboxylic acids is 2. The fourth-order valence-corrected chi connectivity index (χ4v) is 2.74. The van der Waals surface area contributed by atoms with Crippen LogP contribution < -0.4 is 10.1 Å². The molecule has 0 saturated carbocycles. The molecule has 0 aromatic heterocycles. The Balaban J connectivity index is 1.49. The molecule has 132 valence electrons. The predicted octanol–water partition coefficient (Wildman–Crippen LogP) is 2.66. The number of ether oxygens (including phenoxy) is 2. The Morgan fingerprint density at radius 2 is 1.60 bits per heavy atom. The molecule has 25 heavy (non-hydrogen) atoms. The molecule has 0 atom stereocenters. The number of rotatable bonds is 10. The van der Waals surface area contributed by atoms with E-state index in [-0.39, 0.29) is 19.1 Å². The van der Waals surface area contributed by atoms with Gasteiger partial charge in [-0.2, -0.15) is 11.8 Å². The van der Waals surface area contributed by atoms with Gasteiger partial charge < -0.3 is 14.8 Å². The van der Waals surface area contributed by atoms with Gasteiger partial charge in [0.25, 0.3) is 5.91 Å². The standard InChI is InChI=1S/C19H21NO4S/c21-18(20-11-12-25-15-16-7-3-1-4-8-16)13-24-19(22)14-23-17-9-5-2-6-10-17/h1-10H,11-15H2,(H,20,21). The highest BCUT2D eigenvalue weighted by atomic mass is 32.2. The summed E-state index contributed by atoms with van der Waals surface area (Å²) in [6.07, 6.45) is 0. The Hall–Kier alpha value is -2.47. The van der Waals surface area contributed by atoms with Crippen molar-refractivity contribution >= 4 is 23.6 Å². The summed E-state index contributed by atoms with van der Waals surface area (Å²) in [6.45, 7) is 0.0267. The molecule has 6 heteroatoms. The third-order valence-electron chi connectivity index (χ3n) is 3.14. The second-order valence-electron chi connectivity index (χ2n) is 5.15. The highest BCUT2D eigenvalue weighted by Crippen LogP contribution is 2.10.